The number of nitrogens with zero attached hydrogens (tertiary/aromatic N) is 2. The molecule has 0 amide bonds. The van der Waals surface area contributed by atoms with Gasteiger partial charge in [-0.25, -0.2) is 4.98 Å². The molecule has 0 unspecified atom stereocenters. The molecule has 2 heterocycles. The molecule has 0 aliphatic carbocycles. The molecule has 5 nitrogen and oxygen atoms in total. The lowest BCUT2D eigenvalue weighted by Crippen LogP contribution is -2.19. The third-order valence-corrected chi connectivity index (χ3v) is 4.16. The maximum absolute atomic E-state index is 5.62. The van der Waals surface area contributed by atoms with E-state index in [4.69, 9.17) is 14.5 Å². The van der Waals surface area contributed by atoms with Crippen LogP contribution in [0, 0.1) is 0 Å². The molecule has 1 saturated heterocycles. The zero-order chi connectivity index (χ0) is 15.9. The molecule has 1 aromatic carbocycles. The van der Waals surface area contributed by atoms with Gasteiger partial charge in [0.05, 0.1) is 31.6 Å². The second-order valence-corrected chi connectivity index (χ2v) is 5.80. The molecule has 1 aliphatic heterocycles. The quantitative estimate of drug-likeness (QED) is 0.761. The highest BCUT2D eigenvalue weighted by Crippen LogP contribution is 2.26. The Morgan fingerprint density at radius 1 is 1.22 bits per heavy atom. The Balaban J connectivity index is 1.74. The molecule has 124 valence electrons. The van der Waals surface area contributed by atoms with E-state index in [1.54, 1.807) is 7.11 Å². The molecule has 1 fully saturated rings. The molecule has 1 aromatic heterocycles. The van der Waals surface area contributed by atoms with Crippen molar-refractivity contribution in [1.29, 1.82) is 0 Å². The van der Waals surface area contributed by atoms with Crippen LogP contribution in [0.4, 0.5) is 0 Å². The third kappa shape index (κ3) is 4.19. The summed E-state index contributed by atoms with van der Waals surface area (Å²) in [5.41, 5.74) is 2.19. The van der Waals surface area contributed by atoms with Crippen molar-refractivity contribution in [2.45, 2.75) is 25.4 Å². The predicted molar refractivity (Wildman–Crippen MR) is 90.3 cm³/mol. The molecule has 1 N–H and O–H groups in total. The number of hydrogen-bond donors (Lipinski definition) is 1. The fourth-order valence-corrected chi connectivity index (χ4v) is 2.95. The maximum Gasteiger partial charge on any atom is 0.126 e. The minimum Gasteiger partial charge on any atom is -0.382 e. The second kappa shape index (κ2) is 8.24. The summed E-state index contributed by atoms with van der Waals surface area (Å²) >= 11 is 0. The Morgan fingerprint density at radius 3 is 2.83 bits per heavy atom. The molecule has 0 spiro atoms. The number of hydrogen-bond acceptors (Lipinski definition) is 4. The van der Waals surface area contributed by atoms with E-state index in [-0.39, 0.29) is 0 Å². The maximum atomic E-state index is 5.62. The van der Waals surface area contributed by atoms with Crippen LogP contribution >= 0.6 is 0 Å². The van der Waals surface area contributed by atoms with Gasteiger partial charge >= 0.3 is 0 Å². The lowest BCUT2D eigenvalue weighted by Gasteiger charge is -2.13. The summed E-state index contributed by atoms with van der Waals surface area (Å²) in [5, 5.41) is 3.54. The lowest BCUT2D eigenvalue weighted by molar-refractivity contribution is 0.0662. The van der Waals surface area contributed by atoms with Crippen molar-refractivity contribution in [2.75, 3.05) is 33.5 Å². The molecule has 0 bridgehead atoms. The van der Waals surface area contributed by atoms with Crippen LogP contribution in [0.5, 0.6) is 0 Å². The molecule has 1 aliphatic rings. The predicted octanol–water partition coefficient (Wildman–Crippen LogP) is 2.64. The standard InChI is InChI=1S/C18H25N3O2/c1-22-12-13-23-11-10-21-14-17(15-6-3-2-4-7-15)20-18(21)16-8-5-9-19-16/h2-4,6-7,14,16,19H,5,8-13H2,1H3/t16-/m0/s1. The Morgan fingerprint density at radius 2 is 2.09 bits per heavy atom. The lowest BCUT2D eigenvalue weighted by atomic mass is 10.2. The first kappa shape index (κ1) is 16.2. The van der Waals surface area contributed by atoms with Crippen LogP contribution in [0.1, 0.15) is 24.7 Å². The Hall–Kier alpha value is -1.69. The zero-order valence-corrected chi connectivity index (χ0v) is 13.7. The van der Waals surface area contributed by atoms with E-state index in [1.165, 1.54) is 6.42 Å². The first-order valence-electron chi connectivity index (χ1n) is 8.31. The molecule has 23 heavy (non-hydrogen) atoms. The summed E-state index contributed by atoms with van der Waals surface area (Å²) < 4.78 is 12.9. The zero-order valence-electron chi connectivity index (χ0n) is 13.7. The van der Waals surface area contributed by atoms with Crippen molar-refractivity contribution >= 4 is 0 Å². The summed E-state index contributed by atoms with van der Waals surface area (Å²) in [4.78, 5) is 4.90. The number of nitrogens with one attached hydrogen (secondary N) is 1. The first-order valence-corrected chi connectivity index (χ1v) is 8.31. The minimum atomic E-state index is 0.353. The van der Waals surface area contributed by atoms with Crippen LogP contribution in [0.25, 0.3) is 11.3 Å². The van der Waals surface area contributed by atoms with Crippen LogP contribution < -0.4 is 5.32 Å². The van der Waals surface area contributed by atoms with Gasteiger partial charge in [-0.3, -0.25) is 0 Å². The Labute approximate surface area is 137 Å². The number of imidazole rings is 1. The highest BCUT2D eigenvalue weighted by atomic mass is 16.5. The van der Waals surface area contributed by atoms with Crippen molar-refractivity contribution in [3.8, 4) is 11.3 Å². The summed E-state index contributed by atoms with van der Waals surface area (Å²) in [6, 6.07) is 10.7. The van der Waals surface area contributed by atoms with E-state index in [1.807, 2.05) is 6.07 Å². The largest absolute Gasteiger partial charge is 0.382 e. The fourth-order valence-electron chi connectivity index (χ4n) is 2.95. The van der Waals surface area contributed by atoms with E-state index in [2.05, 4.69) is 40.3 Å². The van der Waals surface area contributed by atoms with E-state index < -0.39 is 0 Å². The van der Waals surface area contributed by atoms with E-state index >= 15 is 0 Å². The molecule has 5 heteroatoms. The fraction of sp³-hybridized carbons (Fsp3) is 0.500. The van der Waals surface area contributed by atoms with Gasteiger partial charge in [-0.15, -0.1) is 0 Å². The number of rotatable bonds is 8. The molecule has 0 saturated carbocycles. The van der Waals surface area contributed by atoms with Gasteiger partial charge in [0.1, 0.15) is 5.82 Å². The van der Waals surface area contributed by atoms with Crippen molar-refractivity contribution in [1.82, 2.24) is 14.9 Å². The normalized spacial score (nSPS) is 17.7. The summed E-state index contributed by atoms with van der Waals surface area (Å²) in [5.74, 6) is 1.12. The van der Waals surface area contributed by atoms with Crippen LogP contribution in [0.3, 0.4) is 0 Å². The van der Waals surface area contributed by atoms with Crippen LogP contribution in [-0.2, 0) is 16.0 Å². The van der Waals surface area contributed by atoms with Crippen molar-refractivity contribution in [3.63, 3.8) is 0 Å². The van der Waals surface area contributed by atoms with Gasteiger partial charge in [-0.1, -0.05) is 30.3 Å². The van der Waals surface area contributed by atoms with Gasteiger partial charge in [0, 0.05) is 25.4 Å². The van der Waals surface area contributed by atoms with E-state index in [9.17, 15) is 0 Å². The highest BCUT2D eigenvalue weighted by Gasteiger charge is 2.22. The minimum absolute atomic E-state index is 0.353. The highest BCUT2D eigenvalue weighted by molar-refractivity contribution is 5.58. The monoisotopic (exact) mass is 315 g/mol. The first-order chi connectivity index (χ1) is 11.4. The topological polar surface area (TPSA) is 48.3 Å². The Kier molecular flexibility index (Phi) is 5.80. The van der Waals surface area contributed by atoms with Gasteiger partial charge in [0.15, 0.2) is 0 Å². The molecular formula is C18H25N3O2. The summed E-state index contributed by atoms with van der Waals surface area (Å²) in [6.45, 7) is 3.83. The average molecular weight is 315 g/mol. The third-order valence-electron chi connectivity index (χ3n) is 4.16. The molecule has 1 atom stereocenters. The number of aromatic nitrogens is 2. The van der Waals surface area contributed by atoms with Crippen molar-refractivity contribution < 1.29 is 9.47 Å². The van der Waals surface area contributed by atoms with Crippen molar-refractivity contribution in [2.24, 2.45) is 0 Å². The van der Waals surface area contributed by atoms with E-state index in [0.29, 0.717) is 25.9 Å². The molecule has 2 aromatic rings. The van der Waals surface area contributed by atoms with Crippen LogP contribution in [0.2, 0.25) is 0 Å². The number of methoxy groups -OCH3 is 1. The van der Waals surface area contributed by atoms with Gasteiger partial charge in [0.2, 0.25) is 0 Å². The van der Waals surface area contributed by atoms with Gasteiger partial charge in [-0.05, 0) is 19.4 Å². The number of benzene rings is 1. The number of ether oxygens (including phenoxy) is 2. The second-order valence-electron chi connectivity index (χ2n) is 5.80. The van der Waals surface area contributed by atoms with Crippen molar-refractivity contribution in [3.05, 3.63) is 42.4 Å². The SMILES string of the molecule is COCCOCCn1cc(-c2ccccc2)nc1[C@@H]1CCCN1. The van der Waals surface area contributed by atoms with Crippen LogP contribution in [-0.4, -0.2) is 43.0 Å². The molecule has 3 rings (SSSR count). The van der Waals surface area contributed by atoms with Gasteiger partial charge < -0.3 is 19.4 Å². The smallest absolute Gasteiger partial charge is 0.126 e. The summed E-state index contributed by atoms with van der Waals surface area (Å²) in [6.07, 6.45) is 4.50. The van der Waals surface area contributed by atoms with Gasteiger partial charge in [-0.2, -0.15) is 0 Å². The Bertz CT molecular complexity index is 592. The van der Waals surface area contributed by atoms with Gasteiger partial charge in [0.25, 0.3) is 0 Å². The van der Waals surface area contributed by atoms with Crippen LogP contribution in [0.15, 0.2) is 36.5 Å². The average Bonchev–Trinajstić information content (AvgIpc) is 3.25. The summed E-state index contributed by atoms with van der Waals surface area (Å²) in [7, 11) is 1.69. The molecular weight excluding hydrogens is 290 g/mol. The molecule has 0 radical (unpaired) electrons. The van der Waals surface area contributed by atoms with E-state index in [0.717, 1.165) is 36.6 Å².